The van der Waals surface area contributed by atoms with Gasteiger partial charge in [-0.3, -0.25) is 4.79 Å². The van der Waals surface area contributed by atoms with Crippen molar-refractivity contribution in [3.63, 3.8) is 0 Å². The first-order valence-electron chi connectivity index (χ1n) is 17.7. The Bertz CT molecular complexity index is 990. The van der Waals surface area contributed by atoms with E-state index >= 15 is 0 Å². The topological polar surface area (TPSA) is 74.0 Å². The molecule has 10 heteroatoms. The molecule has 272 valence electrons. The second-order valence-corrected chi connectivity index (χ2v) is 13.1. The summed E-state index contributed by atoms with van der Waals surface area (Å²) in [5, 5.41) is -0.457. The van der Waals surface area contributed by atoms with E-state index in [4.69, 9.17) is 31.5 Å². The van der Waals surface area contributed by atoms with Gasteiger partial charge in [0.25, 0.3) is 5.91 Å². The zero-order chi connectivity index (χ0) is 35.1. The maximum absolute atomic E-state index is 12.8. The smallest absolute Gasteiger partial charge is 0.382 e. The SMILES string of the molecule is CCC/C(C)=C\C(N)C1CCN(C(=O)c2ccc(C(F)(F)F)c(Cl)c2)CC1.CCCCCOCCC.COCCOCCC1CCC1. The van der Waals surface area contributed by atoms with E-state index in [9.17, 15) is 18.0 Å². The van der Waals surface area contributed by atoms with Crippen molar-refractivity contribution in [2.75, 3.05) is 53.2 Å². The second kappa shape index (κ2) is 25.3. The van der Waals surface area contributed by atoms with Crippen molar-refractivity contribution in [3.05, 3.63) is 46.0 Å². The van der Waals surface area contributed by atoms with E-state index in [0.29, 0.717) is 19.0 Å². The normalized spacial score (nSPS) is 16.5. The molecule has 1 saturated heterocycles. The minimum atomic E-state index is -4.53. The van der Waals surface area contributed by atoms with Crippen LogP contribution in [-0.2, 0) is 20.4 Å². The van der Waals surface area contributed by atoms with Gasteiger partial charge in [0.15, 0.2) is 0 Å². The fourth-order valence-corrected chi connectivity index (χ4v) is 5.75. The van der Waals surface area contributed by atoms with Crippen LogP contribution in [0.4, 0.5) is 13.2 Å². The third-order valence-electron chi connectivity index (χ3n) is 8.58. The highest BCUT2D eigenvalue weighted by atomic mass is 35.5. The lowest BCUT2D eigenvalue weighted by Crippen LogP contribution is -2.43. The van der Waals surface area contributed by atoms with Crippen LogP contribution in [0.1, 0.15) is 121 Å². The fraction of sp³-hybridized carbons (Fsp3) is 0.757. The number of carbonyl (C=O) groups is 1. The Morgan fingerprint density at radius 3 is 2.19 bits per heavy atom. The molecule has 2 fully saturated rings. The lowest BCUT2D eigenvalue weighted by molar-refractivity contribution is -0.137. The highest BCUT2D eigenvalue weighted by Gasteiger charge is 2.34. The average molecular weight is 691 g/mol. The third-order valence-corrected chi connectivity index (χ3v) is 8.89. The number of hydrogen-bond acceptors (Lipinski definition) is 5. The molecule has 6 nitrogen and oxygen atoms in total. The number of piperidine rings is 1. The highest BCUT2D eigenvalue weighted by Crippen LogP contribution is 2.35. The van der Waals surface area contributed by atoms with E-state index in [1.54, 1.807) is 12.0 Å². The molecule has 0 radical (unpaired) electrons. The van der Waals surface area contributed by atoms with Gasteiger partial charge >= 0.3 is 6.18 Å². The largest absolute Gasteiger partial charge is 0.417 e. The predicted molar refractivity (Wildman–Crippen MR) is 187 cm³/mol. The van der Waals surface area contributed by atoms with Gasteiger partial charge < -0.3 is 24.8 Å². The van der Waals surface area contributed by atoms with Crippen LogP contribution in [0.15, 0.2) is 29.8 Å². The maximum Gasteiger partial charge on any atom is 0.417 e. The van der Waals surface area contributed by atoms with Gasteiger partial charge in [0.05, 0.1) is 23.8 Å². The summed E-state index contributed by atoms with van der Waals surface area (Å²) < 4.78 is 53.9. The molecule has 3 rings (SSSR count). The van der Waals surface area contributed by atoms with Crippen molar-refractivity contribution in [2.45, 2.75) is 117 Å². The van der Waals surface area contributed by atoms with Gasteiger partial charge in [-0.05, 0) is 75.5 Å². The van der Waals surface area contributed by atoms with Gasteiger partial charge in [0.2, 0.25) is 0 Å². The first-order valence-corrected chi connectivity index (χ1v) is 18.1. The van der Waals surface area contributed by atoms with Crippen LogP contribution in [0.25, 0.3) is 0 Å². The van der Waals surface area contributed by atoms with Gasteiger partial charge in [-0.2, -0.15) is 13.2 Å². The first-order chi connectivity index (χ1) is 22.5. The van der Waals surface area contributed by atoms with Crippen molar-refractivity contribution in [2.24, 2.45) is 17.6 Å². The number of likely N-dealkylation sites (tertiary alicyclic amines) is 1. The van der Waals surface area contributed by atoms with E-state index in [-0.39, 0.29) is 17.5 Å². The van der Waals surface area contributed by atoms with E-state index < -0.39 is 16.8 Å². The number of alkyl halides is 3. The van der Waals surface area contributed by atoms with Gasteiger partial charge in [0, 0.05) is 51.6 Å². The van der Waals surface area contributed by atoms with Crippen LogP contribution < -0.4 is 5.73 Å². The molecule has 0 aromatic heterocycles. The lowest BCUT2D eigenvalue weighted by Gasteiger charge is -2.34. The van der Waals surface area contributed by atoms with E-state index in [1.165, 1.54) is 56.6 Å². The predicted octanol–water partition coefficient (Wildman–Crippen LogP) is 9.73. The Kier molecular flexibility index (Phi) is 23.4. The summed E-state index contributed by atoms with van der Waals surface area (Å²) in [6.45, 7) is 13.9. The molecule has 1 aromatic carbocycles. The molecule has 1 atom stereocenters. The molecule has 2 aliphatic rings. The number of methoxy groups -OCH3 is 1. The number of rotatable bonds is 17. The van der Waals surface area contributed by atoms with Gasteiger partial charge in [-0.15, -0.1) is 0 Å². The lowest BCUT2D eigenvalue weighted by atomic mass is 9.83. The summed E-state index contributed by atoms with van der Waals surface area (Å²) >= 11 is 5.72. The van der Waals surface area contributed by atoms with Gasteiger partial charge in [-0.25, -0.2) is 0 Å². The van der Waals surface area contributed by atoms with Crippen molar-refractivity contribution < 1.29 is 32.2 Å². The molecular formula is C37H62ClF3N2O4. The molecule has 1 aliphatic heterocycles. The summed E-state index contributed by atoms with van der Waals surface area (Å²) in [7, 11) is 1.70. The number of nitrogens with two attached hydrogens (primary N) is 1. The Hall–Kier alpha value is -1.65. The zero-order valence-corrected chi connectivity index (χ0v) is 30.4. The van der Waals surface area contributed by atoms with Gasteiger partial charge in [-0.1, -0.05) is 82.5 Å². The first kappa shape index (κ1) is 43.4. The van der Waals surface area contributed by atoms with Crippen LogP contribution in [0.2, 0.25) is 5.02 Å². The minimum Gasteiger partial charge on any atom is -0.382 e. The number of unbranched alkanes of at least 4 members (excludes halogenated alkanes) is 2. The fourth-order valence-electron chi connectivity index (χ4n) is 5.47. The van der Waals surface area contributed by atoms with Crippen LogP contribution >= 0.6 is 11.6 Å². The Balaban J connectivity index is 0.000000450. The molecule has 2 N–H and O–H groups in total. The summed E-state index contributed by atoms with van der Waals surface area (Å²) in [4.78, 5) is 14.3. The van der Waals surface area contributed by atoms with Gasteiger partial charge in [0.1, 0.15) is 0 Å². The molecule has 1 heterocycles. The molecular weight excluding hydrogens is 629 g/mol. The molecule has 1 saturated carbocycles. The summed E-state index contributed by atoms with van der Waals surface area (Å²) in [6.07, 6.45) is 11.7. The number of allylic oxidation sites excluding steroid dienone is 1. The van der Waals surface area contributed by atoms with E-state index in [2.05, 4.69) is 33.8 Å². The number of carbonyl (C=O) groups excluding carboxylic acids is 1. The molecule has 1 aromatic rings. The number of amides is 1. The monoisotopic (exact) mass is 690 g/mol. The molecule has 47 heavy (non-hydrogen) atoms. The quantitative estimate of drug-likeness (QED) is 0.130. The van der Waals surface area contributed by atoms with E-state index in [0.717, 1.165) is 83.2 Å². The molecule has 1 unspecified atom stereocenters. The van der Waals surface area contributed by atoms with Crippen molar-refractivity contribution >= 4 is 17.5 Å². The Labute approximate surface area is 287 Å². The van der Waals surface area contributed by atoms with Crippen molar-refractivity contribution in [1.29, 1.82) is 0 Å². The number of ether oxygens (including phenoxy) is 3. The third kappa shape index (κ3) is 18.6. The average Bonchev–Trinajstić information content (AvgIpc) is 3.01. The number of halogens is 4. The maximum atomic E-state index is 12.8. The number of hydrogen-bond donors (Lipinski definition) is 1. The van der Waals surface area contributed by atoms with Crippen LogP contribution in [0.3, 0.4) is 0 Å². The molecule has 1 aliphatic carbocycles. The summed E-state index contributed by atoms with van der Waals surface area (Å²) in [5.74, 6) is 0.977. The highest BCUT2D eigenvalue weighted by molar-refractivity contribution is 6.31. The summed E-state index contributed by atoms with van der Waals surface area (Å²) in [5.41, 5.74) is 6.81. The number of benzene rings is 1. The number of nitrogens with zero attached hydrogens (tertiary/aromatic N) is 1. The van der Waals surface area contributed by atoms with Crippen LogP contribution in [0, 0.1) is 11.8 Å². The van der Waals surface area contributed by atoms with Crippen LogP contribution in [-0.4, -0.2) is 70.1 Å². The minimum absolute atomic E-state index is 0.0330. The van der Waals surface area contributed by atoms with Crippen LogP contribution in [0.5, 0.6) is 0 Å². The summed E-state index contributed by atoms with van der Waals surface area (Å²) in [6, 6.07) is 3.11. The van der Waals surface area contributed by atoms with Crippen molar-refractivity contribution in [1.82, 2.24) is 4.90 Å². The molecule has 0 spiro atoms. The standard InChI is InChI=1S/C20H26ClF3N2O.C9H18O2.C8H18O/c1-3-4-13(2)11-18(25)14-7-9-26(10-8-14)19(27)15-5-6-16(17(21)12-15)20(22,23)24;1-10-7-8-11-6-5-9-3-2-4-9;1-3-5-6-8-9-7-4-2/h5-6,11-12,14,18H,3-4,7-10,25H2,1-2H3;9H,2-8H2,1H3;3-8H2,1-2H3/b13-11-;;. The Morgan fingerprint density at radius 1 is 0.979 bits per heavy atom. The Morgan fingerprint density at radius 2 is 1.66 bits per heavy atom. The van der Waals surface area contributed by atoms with Crippen molar-refractivity contribution in [3.8, 4) is 0 Å². The molecule has 1 amide bonds. The zero-order valence-electron chi connectivity index (χ0n) is 29.6. The van der Waals surface area contributed by atoms with E-state index in [1.807, 2.05) is 0 Å². The second-order valence-electron chi connectivity index (χ2n) is 12.7. The molecule has 0 bridgehead atoms.